The van der Waals surface area contributed by atoms with Gasteiger partial charge in [-0.3, -0.25) is 0 Å². The smallest absolute Gasteiger partial charge is 0.136 e. The molecule has 0 saturated carbocycles. The highest BCUT2D eigenvalue weighted by Crippen LogP contribution is 2.29. The van der Waals surface area contributed by atoms with Gasteiger partial charge in [-0.15, -0.1) is 0 Å². The predicted octanol–water partition coefficient (Wildman–Crippen LogP) is 1.72. The van der Waals surface area contributed by atoms with Crippen LogP contribution in [-0.2, 0) is 0 Å². The number of nitrogens with two attached hydrogens (primary N) is 2. The summed E-state index contributed by atoms with van der Waals surface area (Å²) in [4.78, 5) is 6.61. The summed E-state index contributed by atoms with van der Waals surface area (Å²) in [5, 5.41) is 2.27. The summed E-state index contributed by atoms with van der Waals surface area (Å²) >= 11 is 3.56. The fourth-order valence-electron chi connectivity index (χ4n) is 2.04. The van der Waals surface area contributed by atoms with Gasteiger partial charge < -0.3 is 16.4 Å². The molecule has 4 N–H and O–H groups in total. The first-order chi connectivity index (χ1) is 8.77. The van der Waals surface area contributed by atoms with Crippen molar-refractivity contribution in [1.29, 1.82) is 0 Å². The number of halogens is 1. The SMILES string of the molecule is NCCN(CCN)c1nccc2c(Br)cccc12. The monoisotopic (exact) mass is 308 g/mol. The molecule has 0 bridgehead atoms. The third-order valence-electron chi connectivity index (χ3n) is 2.83. The summed E-state index contributed by atoms with van der Waals surface area (Å²) in [5.74, 6) is 0.949. The van der Waals surface area contributed by atoms with E-state index in [1.807, 2.05) is 24.4 Å². The Morgan fingerprint density at radius 1 is 1.06 bits per heavy atom. The second-order valence-corrected chi connectivity index (χ2v) is 4.89. The van der Waals surface area contributed by atoms with Crippen molar-refractivity contribution >= 4 is 32.5 Å². The number of fused-ring (bicyclic) bond motifs is 1. The third kappa shape index (κ3) is 2.63. The molecule has 0 aliphatic heterocycles. The van der Waals surface area contributed by atoms with E-state index in [1.165, 1.54) is 0 Å². The molecule has 1 heterocycles. The minimum absolute atomic E-state index is 0.589. The molecule has 1 aromatic carbocycles. The molecule has 0 spiro atoms. The number of anilines is 1. The van der Waals surface area contributed by atoms with Crippen LogP contribution < -0.4 is 16.4 Å². The Labute approximate surface area is 115 Å². The number of pyridine rings is 1. The summed E-state index contributed by atoms with van der Waals surface area (Å²) in [7, 11) is 0. The van der Waals surface area contributed by atoms with E-state index in [0.29, 0.717) is 13.1 Å². The van der Waals surface area contributed by atoms with Crippen LogP contribution in [0.1, 0.15) is 0 Å². The van der Waals surface area contributed by atoms with Crippen molar-refractivity contribution in [3.05, 3.63) is 34.9 Å². The Balaban J connectivity index is 2.51. The Morgan fingerprint density at radius 3 is 2.44 bits per heavy atom. The van der Waals surface area contributed by atoms with Crippen molar-refractivity contribution in [1.82, 2.24) is 4.98 Å². The van der Waals surface area contributed by atoms with Gasteiger partial charge in [0.25, 0.3) is 0 Å². The van der Waals surface area contributed by atoms with Gasteiger partial charge in [0.05, 0.1) is 0 Å². The van der Waals surface area contributed by atoms with E-state index >= 15 is 0 Å². The summed E-state index contributed by atoms with van der Waals surface area (Å²) in [5.41, 5.74) is 11.3. The lowest BCUT2D eigenvalue weighted by Gasteiger charge is -2.23. The van der Waals surface area contributed by atoms with Crippen LogP contribution in [0.15, 0.2) is 34.9 Å². The fourth-order valence-corrected chi connectivity index (χ4v) is 2.54. The number of nitrogens with zero attached hydrogens (tertiary/aromatic N) is 2. The molecule has 5 heteroatoms. The standard InChI is InChI=1S/C13H17BrN4/c14-12-3-1-2-11-10(12)4-7-17-13(11)18(8-5-15)9-6-16/h1-4,7H,5-6,8-9,15-16H2. The largest absolute Gasteiger partial charge is 0.354 e. The fraction of sp³-hybridized carbons (Fsp3) is 0.308. The molecule has 0 atom stereocenters. The molecule has 0 unspecified atom stereocenters. The van der Waals surface area contributed by atoms with Gasteiger partial charge in [-0.05, 0) is 12.1 Å². The first-order valence-corrected chi connectivity index (χ1v) is 6.75. The topological polar surface area (TPSA) is 68.2 Å². The van der Waals surface area contributed by atoms with Crippen molar-refractivity contribution in [2.75, 3.05) is 31.1 Å². The van der Waals surface area contributed by atoms with E-state index < -0.39 is 0 Å². The number of rotatable bonds is 5. The molecule has 1 aromatic heterocycles. The van der Waals surface area contributed by atoms with Crippen molar-refractivity contribution in [3.8, 4) is 0 Å². The van der Waals surface area contributed by atoms with Crippen LogP contribution in [0.5, 0.6) is 0 Å². The first kappa shape index (κ1) is 13.3. The summed E-state index contributed by atoms with van der Waals surface area (Å²) in [6.45, 7) is 2.70. The average Bonchev–Trinajstić information content (AvgIpc) is 2.38. The van der Waals surface area contributed by atoms with Crippen LogP contribution in [0.25, 0.3) is 10.8 Å². The number of aromatic nitrogens is 1. The van der Waals surface area contributed by atoms with Gasteiger partial charge >= 0.3 is 0 Å². The maximum absolute atomic E-state index is 5.65. The first-order valence-electron chi connectivity index (χ1n) is 5.96. The lowest BCUT2D eigenvalue weighted by molar-refractivity contribution is 0.773. The molecular formula is C13H17BrN4. The summed E-state index contributed by atoms with van der Waals surface area (Å²) < 4.78 is 1.07. The van der Waals surface area contributed by atoms with E-state index in [0.717, 1.165) is 34.2 Å². The van der Waals surface area contributed by atoms with E-state index in [1.54, 1.807) is 0 Å². The molecular weight excluding hydrogens is 292 g/mol. The number of benzene rings is 1. The Kier molecular flexibility index (Phi) is 4.52. The molecule has 2 rings (SSSR count). The van der Waals surface area contributed by atoms with E-state index in [-0.39, 0.29) is 0 Å². The van der Waals surface area contributed by atoms with Gasteiger partial charge in [0.15, 0.2) is 0 Å². The molecule has 96 valence electrons. The Bertz CT molecular complexity index is 523. The molecule has 0 saturated heterocycles. The zero-order chi connectivity index (χ0) is 13.0. The zero-order valence-corrected chi connectivity index (χ0v) is 11.7. The number of hydrogen-bond donors (Lipinski definition) is 2. The van der Waals surface area contributed by atoms with Crippen molar-refractivity contribution < 1.29 is 0 Å². The van der Waals surface area contributed by atoms with Crippen LogP contribution in [0, 0.1) is 0 Å². The van der Waals surface area contributed by atoms with Gasteiger partial charge in [0.1, 0.15) is 5.82 Å². The number of hydrogen-bond acceptors (Lipinski definition) is 4. The van der Waals surface area contributed by atoms with Gasteiger partial charge in [-0.1, -0.05) is 28.1 Å². The van der Waals surface area contributed by atoms with Crippen LogP contribution in [-0.4, -0.2) is 31.2 Å². The molecule has 0 fully saturated rings. The molecule has 0 radical (unpaired) electrons. The van der Waals surface area contributed by atoms with Gasteiger partial charge in [-0.2, -0.15) is 0 Å². The minimum Gasteiger partial charge on any atom is -0.354 e. The highest BCUT2D eigenvalue weighted by atomic mass is 79.9. The summed E-state index contributed by atoms with van der Waals surface area (Å²) in [6.07, 6.45) is 1.82. The molecule has 0 amide bonds. The second kappa shape index (κ2) is 6.13. The maximum atomic E-state index is 5.65. The predicted molar refractivity (Wildman–Crippen MR) is 79.8 cm³/mol. The van der Waals surface area contributed by atoms with Crippen molar-refractivity contribution in [3.63, 3.8) is 0 Å². The van der Waals surface area contributed by atoms with E-state index in [4.69, 9.17) is 11.5 Å². The minimum atomic E-state index is 0.589. The maximum Gasteiger partial charge on any atom is 0.136 e. The normalized spacial score (nSPS) is 10.8. The van der Waals surface area contributed by atoms with Crippen LogP contribution in [0.4, 0.5) is 5.82 Å². The van der Waals surface area contributed by atoms with Crippen molar-refractivity contribution in [2.24, 2.45) is 11.5 Å². The highest BCUT2D eigenvalue weighted by molar-refractivity contribution is 9.10. The molecule has 18 heavy (non-hydrogen) atoms. The van der Waals surface area contributed by atoms with E-state index in [2.05, 4.69) is 31.9 Å². The van der Waals surface area contributed by atoms with Crippen LogP contribution in [0.2, 0.25) is 0 Å². The molecule has 4 nitrogen and oxygen atoms in total. The van der Waals surface area contributed by atoms with Gasteiger partial charge in [0.2, 0.25) is 0 Å². The van der Waals surface area contributed by atoms with Gasteiger partial charge in [-0.25, -0.2) is 4.98 Å². The average molecular weight is 309 g/mol. The molecule has 2 aromatic rings. The third-order valence-corrected chi connectivity index (χ3v) is 3.52. The quantitative estimate of drug-likeness (QED) is 0.882. The second-order valence-electron chi connectivity index (χ2n) is 4.03. The van der Waals surface area contributed by atoms with E-state index in [9.17, 15) is 0 Å². The molecule has 0 aliphatic carbocycles. The lowest BCUT2D eigenvalue weighted by atomic mass is 10.1. The summed E-state index contributed by atoms with van der Waals surface area (Å²) in [6, 6.07) is 8.12. The highest BCUT2D eigenvalue weighted by Gasteiger charge is 2.11. The Morgan fingerprint density at radius 2 is 1.78 bits per heavy atom. The zero-order valence-electron chi connectivity index (χ0n) is 10.1. The van der Waals surface area contributed by atoms with Crippen LogP contribution in [0.3, 0.4) is 0 Å². The Hall–Kier alpha value is -1.17. The van der Waals surface area contributed by atoms with Gasteiger partial charge in [0, 0.05) is 47.6 Å². The van der Waals surface area contributed by atoms with Crippen LogP contribution >= 0.6 is 15.9 Å². The molecule has 0 aliphatic rings. The van der Waals surface area contributed by atoms with Crippen molar-refractivity contribution in [2.45, 2.75) is 0 Å². The lowest BCUT2D eigenvalue weighted by Crippen LogP contribution is -2.34.